The van der Waals surface area contributed by atoms with Crippen LogP contribution in [0.5, 0.6) is 5.75 Å². The average Bonchev–Trinajstić information content (AvgIpc) is 3.22. The number of amides is 1. The molecule has 1 heterocycles. The van der Waals surface area contributed by atoms with E-state index in [1.54, 1.807) is 43.3 Å². The summed E-state index contributed by atoms with van der Waals surface area (Å²) in [6.45, 7) is 3.43. The fourth-order valence-corrected chi connectivity index (χ4v) is 2.55. The normalized spacial score (nSPS) is 11.1. The second kappa shape index (κ2) is 9.44. The molecular formula is C21H19N5O5. The Labute approximate surface area is 177 Å². The van der Waals surface area contributed by atoms with Gasteiger partial charge in [-0.05, 0) is 55.8 Å². The standard InChI is InChI=1S/C21H19N5O5/c1-14-3-5-17(6-4-14)21(28)31-19-9-7-16(8-10-19)15(2)23-24-20(27)13-25-12-18(11-22-25)26(29)30/h3-12H,13H2,1-2H3,(H,24,27)/b23-15+. The fourth-order valence-electron chi connectivity index (χ4n) is 2.55. The van der Waals surface area contributed by atoms with Crippen LogP contribution in [-0.4, -0.2) is 32.3 Å². The van der Waals surface area contributed by atoms with Crippen LogP contribution in [0, 0.1) is 17.0 Å². The number of hydrogen-bond acceptors (Lipinski definition) is 7. The SMILES string of the molecule is C/C(=N\NC(=O)Cn1cc([N+](=O)[O-])cn1)c1ccc(OC(=O)c2ccc(C)cc2)cc1. The number of aryl methyl sites for hydroxylation is 1. The number of carbonyl (C=O) groups excluding carboxylic acids is 2. The van der Waals surface area contributed by atoms with E-state index in [9.17, 15) is 19.7 Å². The van der Waals surface area contributed by atoms with Gasteiger partial charge in [0.25, 0.3) is 5.91 Å². The number of benzene rings is 2. The smallest absolute Gasteiger partial charge is 0.343 e. The molecule has 158 valence electrons. The highest BCUT2D eigenvalue weighted by Gasteiger charge is 2.11. The van der Waals surface area contributed by atoms with Crippen molar-refractivity contribution in [3.05, 3.63) is 87.7 Å². The van der Waals surface area contributed by atoms with Crippen molar-refractivity contribution in [2.45, 2.75) is 20.4 Å². The highest BCUT2D eigenvalue weighted by molar-refractivity contribution is 5.99. The number of hydrazone groups is 1. The molecule has 0 unspecified atom stereocenters. The molecule has 0 fully saturated rings. The van der Waals surface area contributed by atoms with Crippen LogP contribution in [0.1, 0.15) is 28.4 Å². The number of aromatic nitrogens is 2. The molecule has 0 atom stereocenters. The topological polar surface area (TPSA) is 129 Å². The molecule has 3 rings (SSSR count). The van der Waals surface area contributed by atoms with Gasteiger partial charge in [-0.1, -0.05) is 17.7 Å². The van der Waals surface area contributed by atoms with Crippen molar-refractivity contribution in [2.75, 3.05) is 0 Å². The fraction of sp³-hybridized carbons (Fsp3) is 0.143. The van der Waals surface area contributed by atoms with Crippen molar-refractivity contribution in [2.24, 2.45) is 5.10 Å². The summed E-state index contributed by atoms with van der Waals surface area (Å²) >= 11 is 0. The third kappa shape index (κ3) is 5.82. The highest BCUT2D eigenvalue weighted by Crippen LogP contribution is 2.15. The first-order chi connectivity index (χ1) is 14.8. The zero-order valence-corrected chi connectivity index (χ0v) is 16.8. The quantitative estimate of drug-likeness (QED) is 0.205. The first-order valence-electron chi connectivity index (χ1n) is 9.21. The number of hydrogen-bond donors (Lipinski definition) is 1. The van der Waals surface area contributed by atoms with Crippen LogP contribution in [0.25, 0.3) is 0 Å². The van der Waals surface area contributed by atoms with Gasteiger partial charge in [0.15, 0.2) is 0 Å². The van der Waals surface area contributed by atoms with E-state index in [1.165, 1.54) is 0 Å². The van der Waals surface area contributed by atoms with Gasteiger partial charge in [-0.3, -0.25) is 19.6 Å². The third-order valence-electron chi connectivity index (χ3n) is 4.25. The first-order valence-corrected chi connectivity index (χ1v) is 9.21. The Hall–Kier alpha value is -4.34. The average molecular weight is 421 g/mol. The van der Waals surface area contributed by atoms with Gasteiger partial charge in [0.1, 0.15) is 24.7 Å². The predicted molar refractivity (Wildman–Crippen MR) is 112 cm³/mol. The first kappa shape index (κ1) is 21.4. The molecule has 2 aromatic carbocycles. The Kier molecular flexibility index (Phi) is 6.51. The Morgan fingerprint density at radius 2 is 1.77 bits per heavy atom. The minimum Gasteiger partial charge on any atom is -0.423 e. The summed E-state index contributed by atoms with van der Waals surface area (Å²) in [5, 5.41) is 18.4. The summed E-state index contributed by atoms with van der Waals surface area (Å²) in [6, 6.07) is 13.7. The molecule has 0 saturated carbocycles. The lowest BCUT2D eigenvalue weighted by Crippen LogP contribution is -2.24. The van der Waals surface area contributed by atoms with Crippen LogP contribution in [0.4, 0.5) is 5.69 Å². The van der Waals surface area contributed by atoms with Crippen LogP contribution in [-0.2, 0) is 11.3 Å². The Morgan fingerprint density at radius 1 is 1.13 bits per heavy atom. The zero-order valence-electron chi connectivity index (χ0n) is 16.8. The number of nitrogens with one attached hydrogen (secondary N) is 1. The van der Waals surface area contributed by atoms with Gasteiger partial charge in [0.05, 0.1) is 16.2 Å². The molecule has 10 heteroatoms. The lowest BCUT2D eigenvalue weighted by Gasteiger charge is -2.07. The molecule has 31 heavy (non-hydrogen) atoms. The summed E-state index contributed by atoms with van der Waals surface area (Å²) < 4.78 is 6.50. The van der Waals surface area contributed by atoms with Crippen molar-refractivity contribution in [1.82, 2.24) is 15.2 Å². The van der Waals surface area contributed by atoms with E-state index < -0.39 is 16.8 Å². The number of carbonyl (C=O) groups is 2. The van der Waals surface area contributed by atoms with Crippen LogP contribution < -0.4 is 10.2 Å². The molecule has 0 aliphatic heterocycles. The maximum absolute atomic E-state index is 12.2. The molecular weight excluding hydrogens is 402 g/mol. The lowest BCUT2D eigenvalue weighted by atomic mass is 10.1. The predicted octanol–water partition coefficient (Wildman–Crippen LogP) is 2.86. The highest BCUT2D eigenvalue weighted by atomic mass is 16.6. The van der Waals surface area contributed by atoms with Crippen molar-refractivity contribution < 1.29 is 19.2 Å². The summed E-state index contributed by atoms with van der Waals surface area (Å²) in [5.74, 6) is -0.559. The molecule has 0 radical (unpaired) electrons. The molecule has 0 saturated heterocycles. The molecule has 3 aromatic rings. The van der Waals surface area contributed by atoms with Gasteiger partial charge in [0, 0.05) is 0 Å². The molecule has 0 spiro atoms. The van der Waals surface area contributed by atoms with E-state index in [-0.39, 0.29) is 12.2 Å². The molecule has 1 amide bonds. The number of rotatable bonds is 7. The molecule has 0 bridgehead atoms. The van der Waals surface area contributed by atoms with Gasteiger partial charge in [0.2, 0.25) is 0 Å². The third-order valence-corrected chi connectivity index (χ3v) is 4.25. The number of ether oxygens (including phenoxy) is 1. The minimum atomic E-state index is -0.592. The van der Waals surface area contributed by atoms with E-state index >= 15 is 0 Å². The van der Waals surface area contributed by atoms with Gasteiger partial charge in [-0.15, -0.1) is 0 Å². The van der Waals surface area contributed by atoms with Gasteiger partial charge in [-0.25, -0.2) is 10.2 Å². The van der Waals surface area contributed by atoms with Gasteiger partial charge in [-0.2, -0.15) is 10.2 Å². The van der Waals surface area contributed by atoms with E-state index in [0.29, 0.717) is 22.6 Å². The van der Waals surface area contributed by atoms with E-state index in [0.717, 1.165) is 22.6 Å². The largest absolute Gasteiger partial charge is 0.423 e. The second-order valence-corrected chi connectivity index (χ2v) is 6.67. The molecule has 0 aliphatic rings. The lowest BCUT2D eigenvalue weighted by molar-refractivity contribution is -0.385. The van der Waals surface area contributed by atoms with Crippen LogP contribution in [0.3, 0.4) is 0 Å². The number of nitro groups is 1. The van der Waals surface area contributed by atoms with E-state index in [4.69, 9.17) is 4.74 Å². The molecule has 1 N–H and O–H groups in total. The van der Waals surface area contributed by atoms with E-state index in [2.05, 4.69) is 15.6 Å². The molecule has 10 nitrogen and oxygen atoms in total. The molecule has 0 aliphatic carbocycles. The van der Waals surface area contributed by atoms with E-state index in [1.807, 2.05) is 19.1 Å². The van der Waals surface area contributed by atoms with Crippen molar-refractivity contribution in [1.29, 1.82) is 0 Å². The summed E-state index contributed by atoms with van der Waals surface area (Å²) in [4.78, 5) is 34.2. The monoisotopic (exact) mass is 421 g/mol. The Morgan fingerprint density at radius 3 is 2.39 bits per heavy atom. The van der Waals surface area contributed by atoms with Gasteiger partial charge < -0.3 is 4.74 Å². The van der Waals surface area contributed by atoms with Crippen LogP contribution >= 0.6 is 0 Å². The summed E-state index contributed by atoms with van der Waals surface area (Å²) in [5.41, 5.74) is 4.92. The van der Waals surface area contributed by atoms with Crippen LogP contribution in [0.2, 0.25) is 0 Å². The Bertz CT molecular complexity index is 1130. The number of nitrogens with zero attached hydrogens (tertiary/aromatic N) is 4. The van der Waals surface area contributed by atoms with Gasteiger partial charge >= 0.3 is 11.7 Å². The molecule has 1 aromatic heterocycles. The maximum atomic E-state index is 12.2. The van der Waals surface area contributed by atoms with Crippen molar-refractivity contribution in [3.8, 4) is 5.75 Å². The number of esters is 1. The zero-order chi connectivity index (χ0) is 22.4. The van der Waals surface area contributed by atoms with Crippen molar-refractivity contribution >= 4 is 23.3 Å². The Balaban J connectivity index is 1.56. The second-order valence-electron chi connectivity index (χ2n) is 6.67. The maximum Gasteiger partial charge on any atom is 0.343 e. The summed E-state index contributed by atoms with van der Waals surface area (Å²) in [7, 11) is 0. The minimum absolute atomic E-state index is 0.198. The van der Waals surface area contributed by atoms with Crippen LogP contribution in [0.15, 0.2) is 66.0 Å². The van der Waals surface area contributed by atoms with Crippen molar-refractivity contribution in [3.63, 3.8) is 0 Å². The summed E-state index contributed by atoms with van der Waals surface area (Å²) in [6.07, 6.45) is 2.22.